The van der Waals surface area contributed by atoms with Crippen LogP contribution >= 0.6 is 22.9 Å². The fourth-order valence-electron chi connectivity index (χ4n) is 2.07. The summed E-state index contributed by atoms with van der Waals surface area (Å²) >= 11 is 6.89. The van der Waals surface area contributed by atoms with Gasteiger partial charge in [-0.2, -0.15) is 0 Å². The third kappa shape index (κ3) is 4.81. The predicted octanol–water partition coefficient (Wildman–Crippen LogP) is 4.71. The topological polar surface area (TPSA) is 55.4 Å². The number of para-hydroxylation sites is 1. The summed E-state index contributed by atoms with van der Waals surface area (Å²) < 4.78 is 5.51. The van der Waals surface area contributed by atoms with Gasteiger partial charge in [0.1, 0.15) is 4.88 Å². The van der Waals surface area contributed by atoms with Crippen LogP contribution < -0.4 is 5.32 Å². The molecule has 0 saturated carbocycles. The highest BCUT2D eigenvalue weighted by Crippen LogP contribution is 2.26. The van der Waals surface area contributed by atoms with E-state index in [1.165, 1.54) is 0 Å². The van der Waals surface area contributed by atoms with Crippen molar-refractivity contribution in [3.63, 3.8) is 0 Å². The minimum Gasteiger partial charge on any atom is -0.451 e. The van der Waals surface area contributed by atoms with Crippen LogP contribution in [0.2, 0.25) is 4.34 Å². The molecule has 0 saturated heterocycles. The number of carbonyl (C=O) groups excluding carboxylic acids is 2. The summed E-state index contributed by atoms with van der Waals surface area (Å²) in [5.41, 5.74) is 1.82. The molecule has 23 heavy (non-hydrogen) atoms. The quantitative estimate of drug-likeness (QED) is 0.767. The summed E-state index contributed by atoms with van der Waals surface area (Å²) in [7, 11) is 0. The van der Waals surface area contributed by atoms with Crippen molar-refractivity contribution in [1.29, 1.82) is 0 Å². The third-order valence-corrected chi connectivity index (χ3v) is 4.70. The maximum Gasteiger partial charge on any atom is 0.348 e. The Balaban J connectivity index is 1.94. The van der Waals surface area contributed by atoms with Crippen LogP contribution in [0.25, 0.3) is 0 Å². The molecule has 1 heterocycles. The molecule has 6 heteroatoms. The zero-order chi connectivity index (χ0) is 16.8. The zero-order valence-corrected chi connectivity index (χ0v) is 14.5. The number of nitrogens with one attached hydrogen (secondary N) is 1. The number of carbonyl (C=O) groups is 2. The first-order chi connectivity index (χ1) is 11.0. The molecule has 1 aromatic heterocycles. The van der Waals surface area contributed by atoms with E-state index in [4.69, 9.17) is 16.3 Å². The van der Waals surface area contributed by atoms with E-state index in [0.29, 0.717) is 15.1 Å². The Bertz CT molecular complexity index is 699. The van der Waals surface area contributed by atoms with Crippen LogP contribution in [0.1, 0.15) is 41.4 Å². The first-order valence-corrected chi connectivity index (χ1v) is 8.52. The minimum atomic E-state index is -0.549. The van der Waals surface area contributed by atoms with Crippen LogP contribution in [0.4, 0.5) is 5.69 Å². The SMILES string of the molecule is CC[C@H](C)c1ccccc1NC(=O)COC(=O)c1ccc(Cl)s1. The second-order valence-corrected chi connectivity index (χ2v) is 6.84. The highest BCUT2D eigenvalue weighted by atomic mass is 35.5. The number of anilines is 1. The van der Waals surface area contributed by atoms with Gasteiger partial charge >= 0.3 is 5.97 Å². The Labute approximate surface area is 144 Å². The standard InChI is InChI=1S/C17H18ClNO3S/c1-3-11(2)12-6-4-5-7-13(12)19-16(20)10-22-17(21)14-8-9-15(18)23-14/h4-9,11H,3,10H2,1-2H3,(H,19,20)/t11-/m0/s1. The van der Waals surface area contributed by atoms with Gasteiger partial charge < -0.3 is 10.1 Å². The lowest BCUT2D eigenvalue weighted by Crippen LogP contribution is -2.21. The van der Waals surface area contributed by atoms with Crippen molar-refractivity contribution in [2.24, 2.45) is 0 Å². The molecule has 4 nitrogen and oxygen atoms in total. The van der Waals surface area contributed by atoms with E-state index in [1.54, 1.807) is 12.1 Å². The molecule has 122 valence electrons. The summed E-state index contributed by atoms with van der Waals surface area (Å²) in [6.07, 6.45) is 0.973. The molecule has 0 bridgehead atoms. The molecule has 1 atom stereocenters. The van der Waals surface area contributed by atoms with E-state index < -0.39 is 5.97 Å². The van der Waals surface area contributed by atoms with Crippen molar-refractivity contribution in [3.05, 3.63) is 51.2 Å². The van der Waals surface area contributed by atoms with Gasteiger partial charge in [-0.25, -0.2) is 4.79 Å². The summed E-state index contributed by atoms with van der Waals surface area (Å²) in [5.74, 6) is -0.577. The summed E-state index contributed by atoms with van der Waals surface area (Å²) in [4.78, 5) is 24.2. The fourth-order valence-corrected chi connectivity index (χ4v) is 3.01. The smallest absolute Gasteiger partial charge is 0.348 e. The Morgan fingerprint density at radius 2 is 2.00 bits per heavy atom. The normalized spacial score (nSPS) is 11.8. The van der Waals surface area contributed by atoms with E-state index in [2.05, 4.69) is 19.2 Å². The lowest BCUT2D eigenvalue weighted by Gasteiger charge is -2.15. The molecule has 0 spiro atoms. The summed E-state index contributed by atoms with van der Waals surface area (Å²) in [5, 5.41) is 2.80. The highest BCUT2D eigenvalue weighted by molar-refractivity contribution is 7.17. The summed E-state index contributed by atoms with van der Waals surface area (Å²) in [6, 6.07) is 10.8. The number of esters is 1. The van der Waals surface area contributed by atoms with Gasteiger partial charge in [0.05, 0.1) is 4.34 Å². The second-order valence-electron chi connectivity index (χ2n) is 5.12. The largest absolute Gasteiger partial charge is 0.451 e. The van der Waals surface area contributed by atoms with Gasteiger partial charge in [-0.15, -0.1) is 11.3 Å². The average Bonchev–Trinajstić information content (AvgIpc) is 2.99. The van der Waals surface area contributed by atoms with Gasteiger partial charge in [0.25, 0.3) is 5.91 Å². The molecule has 0 radical (unpaired) electrons. The second kappa shape index (κ2) is 8.13. The minimum absolute atomic E-state index is 0.330. The molecule has 0 aliphatic rings. The van der Waals surface area contributed by atoms with E-state index >= 15 is 0 Å². The van der Waals surface area contributed by atoms with Gasteiger partial charge in [0, 0.05) is 5.69 Å². The van der Waals surface area contributed by atoms with E-state index in [0.717, 1.165) is 29.0 Å². The Morgan fingerprint density at radius 1 is 1.26 bits per heavy atom. The van der Waals surface area contributed by atoms with E-state index in [9.17, 15) is 9.59 Å². The number of ether oxygens (including phenoxy) is 1. The number of thiophene rings is 1. The Kier molecular flexibility index (Phi) is 6.19. The van der Waals surface area contributed by atoms with Crippen LogP contribution in [-0.2, 0) is 9.53 Å². The third-order valence-electron chi connectivity index (χ3n) is 3.49. The number of hydrogen-bond acceptors (Lipinski definition) is 4. The number of rotatable bonds is 6. The van der Waals surface area contributed by atoms with Crippen molar-refractivity contribution in [2.45, 2.75) is 26.2 Å². The van der Waals surface area contributed by atoms with Crippen molar-refractivity contribution >= 4 is 40.5 Å². The molecule has 0 fully saturated rings. The van der Waals surface area contributed by atoms with Crippen molar-refractivity contribution in [1.82, 2.24) is 0 Å². The maximum absolute atomic E-state index is 12.0. The first kappa shape index (κ1) is 17.5. The van der Waals surface area contributed by atoms with Crippen LogP contribution in [0.15, 0.2) is 36.4 Å². The average molecular weight is 352 g/mol. The van der Waals surface area contributed by atoms with Gasteiger partial charge in [0.2, 0.25) is 0 Å². The lowest BCUT2D eigenvalue weighted by molar-refractivity contribution is -0.119. The van der Waals surface area contributed by atoms with E-state index in [-0.39, 0.29) is 12.5 Å². The molecule has 1 N–H and O–H groups in total. The number of benzene rings is 1. The molecular formula is C17H18ClNO3S. The Hall–Kier alpha value is -1.85. The number of hydrogen-bond donors (Lipinski definition) is 1. The number of halogens is 1. The van der Waals surface area contributed by atoms with Crippen molar-refractivity contribution in [2.75, 3.05) is 11.9 Å². The molecule has 2 aromatic rings. The number of amides is 1. The molecule has 0 unspecified atom stereocenters. The molecule has 1 aromatic carbocycles. The predicted molar refractivity (Wildman–Crippen MR) is 93.4 cm³/mol. The fraction of sp³-hybridized carbons (Fsp3) is 0.294. The molecule has 0 aliphatic heterocycles. The van der Waals surface area contributed by atoms with Crippen LogP contribution in [0.3, 0.4) is 0 Å². The van der Waals surface area contributed by atoms with Crippen LogP contribution in [0.5, 0.6) is 0 Å². The van der Waals surface area contributed by atoms with Gasteiger partial charge in [-0.05, 0) is 36.1 Å². The summed E-state index contributed by atoms with van der Waals surface area (Å²) in [6.45, 7) is 3.87. The Morgan fingerprint density at radius 3 is 2.65 bits per heavy atom. The van der Waals surface area contributed by atoms with Crippen LogP contribution in [-0.4, -0.2) is 18.5 Å². The van der Waals surface area contributed by atoms with Gasteiger partial charge in [-0.1, -0.05) is 43.6 Å². The maximum atomic E-state index is 12.0. The zero-order valence-electron chi connectivity index (χ0n) is 13.0. The highest BCUT2D eigenvalue weighted by Gasteiger charge is 2.14. The van der Waals surface area contributed by atoms with Gasteiger partial charge in [-0.3, -0.25) is 4.79 Å². The monoisotopic (exact) mass is 351 g/mol. The molecule has 1 amide bonds. The van der Waals surface area contributed by atoms with Gasteiger partial charge in [0.15, 0.2) is 6.61 Å². The first-order valence-electron chi connectivity index (χ1n) is 7.32. The molecule has 2 rings (SSSR count). The van der Waals surface area contributed by atoms with Crippen molar-refractivity contribution in [3.8, 4) is 0 Å². The molecular weight excluding hydrogens is 334 g/mol. The van der Waals surface area contributed by atoms with Crippen molar-refractivity contribution < 1.29 is 14.3 Å². The lowest BCUT2D eigenvalue weighted by atomic mass is 9.97. The van der Waals surface area contributed by atoms with E-state index in [1.807, 2.05) is 24.3 Å². The molecule has 0 aliphatic carbocycles. The van der Waals surface area contributed by atoms with Crippen LogP contribution in [0, 0.1) is 0 Å².